The molecule has 0 atom stereocenters. The van der Waals surface area contributed by atoms with E-state index in [4.69, 9.17) is 4.74 Å². The standard InChI is InChI=1S/C22H21BrN2O3S/c1-15-6-3-4-7-16(15)12-28-20-11-19(13-29-21(20)22(26)27)25(2)14-24-18-9-5-8-17(23)10-18/h3-11,14H,12-13H2,1-2H3,(H,26,27). The average Bonchev–Trinajstić information content (AvgIpc) is 2.71. The van der Waals surface area contributed by atoms with Crippen molar-refractivity contribution >= 4 is 45.7 Å². The highest BCUT2D eigenvalue weighted by Crippen LogP contribution is 2.31. The topological polar surface area (TPSA) is 62.1 Å². The second-order valence-electron chi connectivity index (χ2n) is 6.47. The number of hydrogen-bond donors (Lipinski definition) is 1. The zero-order valence-electron chi connectivity index (χ0n) is 16.1. The Balaban J connectivity index is 1.78. The Hall–Kier alpha value is -2.51. The van der Waals surface area contributed by atoms with Crippen LogP contribution in [0.25, 0.3) is 0 Å². The number of carbonyl (C=O) groups is 1. The number of halogens is 1. The van der Waals surface area contributed by atoms with E-state index in [0.717, 1.165) is 27.0 Å². The lowest BCUT2D eigenvalue weighted by Crippen LogP contribution is -2.21. The molecule has 5 nitrogen and oxygen atoms in total. The number of carboxylic acid groups (broad SMARTS) is 1. The van der Waals surface area contributed by atoms with Gasteiger partial charge in [-0.15, -0.1) is 11.8 Å². The largest absolute Gasteiger partial charge is 0.487 e. The summed E-state index contributed by atoms with van der Waals surface area (Å²) < 4.78 is 6.87. The van der Waals surface area contributed by atoms with E-state index >= 15 is 0 Å². The summed E-state index contributed by atoms with van der Waals surface area (Å²) in [7, 11) is 1.89. The smallest absolute Gasteiger partial charge is 0.346 e. The normalized spacial score (nSPS) is 14.1. The van der Waals surface area contributed by atoms with Gasteiger partial charge in [-0.1, -0.05) is 46.3 Å². The molecule has 2 aromatic rings. The van der Waals surface area contributed by atoms with Crippen LogP contribution in [-0.4, -0.2) is 35.1 Å². The fraction of sp³-hybridized carbons (Fsp3) is 0.182. The number of allylic oxidation sites excluding steroid dienone is 1. The summed E-state index contributed by atoms with van der Waals surface area (Å²) in [6.07, 6.45) is 3.50. The van der Waals surface area contributed by atoms with Crippen molar-refractivity contribution in [2.75, 3.05) is 12.8 Å². The molecule has 29 heavy (non-hydrogen) atoms. The number of rotatable bonds is 7. The van der Waals surface area contributed by atoms with Crippen molar-refractivity contribution in [3.05, 3.63) is 86.6 Å². The van der Waals surface area contributed by atoms with Crippen LogP contribution in [0.5, 0.6) is 0 Å². The number of aryl methyl sites for hydroxylation is 1. The Morgan fingerprint density at radius 1 is 1.31 bits per heavy atom. The monoisotopic (exact) mass is 472 g/mol. The van der Waals surface area contributed by atoms with Gasteiger partial charge in [-0.05, 0) is 36.2 Å². The van der Waals surface area contributed by atoms with Crippen molar-refractivity contribution in [3.63, 3.8) is 0 Å². The zero-order chi connectivity index (χ0) is 20.8. The molecule has 0 saturated carbocycles. The average molecular weight is 473 g/mol. The number of hydrogen-bond acceptors (Lipinski definition) is 4. The van der Waals surface area contributed by atoms with Gasteiger partial charge in [-0.25, -0.2) is 9.79 Å². The highest BCUT2D eigenvalue weighted by molar-refractivity contribution is 9.10. The van der Waals surface area contributed by atoms with E-state index in [1.54, 1.807) is 12.4 Å². The first-order chi connectivity index (χ1) is 13.9. The molecule has 0 aromatic heterocycles. The summed E-state index contributed by atoms with van der Waals surface area (Å²) in [5.74, 6) is -0.0786. The van der Waals surface area contributed by atoms with Crippen LogP contribution in [0, 0.1) is 6.92 Å². The van der Waals surface area contributed by atoms with Crippen molar-refractivity contribution in [1.82, 2.24) is 4.90 Å². The van der Waals surface area contributed by atoms with Gasteiger partial charge in [-0.2, -0.15) is 0 Å². The van der Waals surface area contributed by atoms with Gasteiger partial charge in [0.15, 0.2) is 0 Å². The van der Waals surface area contributed by atoms with Crippen molar-refractivity contribution in [2.24, 2.45) is 4.99 Å². The van der Waals surface area contributed by atoms with Gasteiger partial charge in [-0.3, -0.25) is 0 Å². The maximum Gasteiger partial charge on any atom is 0.346 e. The first kappa shape index (κ1) is 21.2. The van der Waals surface area contributed by atoms with Crippen molar-refractivity contribution in [3.8, 4) is 0 Å². The minimum absolute atomic E-state index is 0.222. The van der Waals surface area contributed by atoms with E-state index in [2.05, 4.69) is 20.9 Å². The molecular weight excluding hydrogens is 452 g/mol. The lowest BCUT2D eigenvalue weighted by molar-refractivity contribution is -0.132. The molecular formula is C22H21BrN2O3S. The van der Waals surface area contributed by atoms with Gasteiger partial charge in [0.2, 0.25) is 0 Å². The minimum atomic E-state index is -0.976. The summed E-state index contributed by atoms with van der Waals surface area (Å²) in [5, 5.41) is 9.53. The molecule has 0 amide bonds. The van der Waals surface area contributed by atoms with Gasteiger partial charge < -0.3 is 14.7 Å². The van der Waals surface area contributed by atoms with Crippen LogP contribution in [0.15, 0.2) is 80.4 Å². The van der Waals surface area contributed by atoms with Gasteiger partial charge in [0, 0.05) is 29.0 Å². The summed E-state index contributed by atoms with van der Waals surface area (Å²) in [5.41, 5.74) is 3.88. The molecule has 1 aliphatic heterocycles. The molecule has 1 heterocycles. The second-order valence-corrected chi connectivity index (χ2v) is 8.37. The molecule has 3 rings (SSSR count). The summed E-state index contributed by atoms with van der Waals surface area (Å²) >= 11 is 4.69. The predicted molar refractivity (Wildman–Crippen MR) is 121 cm³/mol. The highest BCUT2D eigenvalue weighted by atomic mass is 79.9. The molecule has 1 aliphatic rings. The van der Waals surface area contributed by atoms with Crippen LogP contribution in [-0.2, 0) is 16.1 Å². The first-order valence-corrected chi connectivity index (χ1v) is 10.7. The Bertz CT molecular complexity index is 1000. The molecule has 150 valence electrons. The maximum atomic E-state index is 11.6. The van der Waals surface area contributed by atoms with E-state index in [1.165, 1.54) is 11.8 Å². The van der Waals surface area contributed by atoms with Crippen LogP contribution in [0.2, 0.25) is 0 Å². The number of thioether (sulfide) groups is 1. The van der Waals surface area contributed by atoms with E-state index < -0.39 is 5.97 Å². The SMILES string of the molecule is Cc1ccccc1COC1=C(C(=O)O)SCC(N(C)C=Nc2cccc(Br)c2)=C1. The fourth-order valence-corrected chi connectivity index (χ4v) is 4.02. The number of aliphatic imine (C=N–C) groups is 1. The Labute approximate surface area is 182 Å². The van der Waals surface area contributed by atoms with E-state index in [0.29, 0.717) is 18.1 Å². The lowest BCUT2D eigenvalue weighted by Gasteiger charge is -2.23. The van der Waals surface area contributed by atoms with Crippen molar-refractivity contribution in [2.45, 2.75) is 13.5 Å². The predicted octanol–water partition coefficient (Wildman–Crippen LogP) is 5.49. The molecule has 0 saturated heterocycles. The quantitative estimate of drug-likeness (QED) is 0.426. The molecule has 0 radical (unpaired) electrons. The molecule has 7 heteroatoms. The third-order valence-electron chi connectivity index (χ3n) is 4.37. The van der Waals surface area contributed by atoms with Crippen molar-refractivity contribution in [1.29, 1.82) is 0 Å². The molecule has 0 spiro atoms. The fourth-order valence-electron chi connectivity index (χ4n) is 2.67. The Morgan fingerprint density at radius 2 is 2.10 bits per heavy atom. The van der Waals surface area contributed by atoms with Gasteiger partial charge in [0.05, 0.1) is 12.0 Å². The number of ether oxygens (including phenoxy) is 1. The third kappa shape index (κ3) is 5.74. The van der Waals surface area contributed by atoms with Gasteiger partial charge in [0.1, 0.15) is 17.3 Å². The van der Waals surface area contributed by atoms with Crippen LogP contribution in [0.1, 0.15) is 11.1 Å². The summed E-state index contributed by atoms with van der Waals surface area (Å²) in [6.45, 7) is 2.33. The maximum absolute atomic E-state index is 11.6. The summed E-state index contributed by atoms with van der Waals surface area (Å²) in [4.78, 5) is 18.2. The molecule has 0 unspecified atom stereocenters. The first-order valence-electron chi connectivity index (χ1n) is 8.95. The van der Waals surface area contributed by atoms with Crippen LogP contribution in [0.3, 0.4) is 0 Å². The third-order valence-corrected chi connectivity index (χ3v) is 5.96. The van der Waals surface area contributed by atoms with E-state index in [9.17, 15) is 9.90 Å². The Kier molecular flexibility index (Phi) is 7.17. The minimum Gasteiger partial charge on any atom is -0.487 e. The molecule has 2 aromatic carbocycles. The summed E-state index contributed by atoms with van der Waals surface area (Å²) in [6, 6.07) is 15.6. The number of carboxylic acids is 1. The van der Waals surface area contributed by atoms with Crippen molar-refractivity contribution < 1.29 is 14.6 Å². The van der Waals surface area contributed by atoms with E-state index in [-0.39, 0.29) is 4.91 Å². The molecule has 0 aliphatic carbocycles. The van der Waals surface area contributed by atoms with E-state index in [1.807, 2.05) is 67.4 Å². The molecule has 0 bridgehead atoms. The van der Waals surface area contributed by atoms with Crippen LogP contribution < -0.4 is 0 Å². The molecule has 1 N–H and O–H groups in total. The number of benzene rings is 2. The number of nitrogens with zero attached hydrogens (tertiary/aromatic N) is 2. The Morgan fingerprint density at radius 3 is 2.83 bits per heavy atom. The van der Waals surface area contributed by atoms with Crippen LogP contribution in [0.4, 0.5) is 5.69 Å². The lowest BCUT2D eigenvalue weighted by atomic mass is 10.1. The van der Waals surface area contributed by atoms with Gasteiger partial charge in [0.25, 0.3) is 0 Å². The highest BCUT2D eigenvalue weighted by Gasteiger charge is 2.22. The van der Waals surface area contributed by atoms with Crippen LogP contribution >= 0.6 is 27.7 Å². The number of aliphatic carboxylic acids is 1. The molecule has 0 fully saturated rings. The zero-order valence-corrected chi connectivity index (χ0v) is 18.5. The second kappa shape index (κ2) is 9.80. The van der Waals surface area contributed by atoms with Gasteiger partial charge >= 0.3 is 5.97 Å².